The number of morpholine rings is 1. The van der Waals surface area contributed by atoms with Gasteiger partial charge in [-0.05, 0) is 28.7 Å². The standard InChI is InChI=1S/C30H30N4O7S2/c1-30(2,3)18-6-4-17(5-7-18)22-23-24(27(37)33(26(23)36)19-8-10-20(11-9-19)34(39)40)42-28-25(22)43-29(38)32(28)16-21(35)31-12-14-41-15-13-31/h4-11,22-24H,12-16H2,1-3H3/t22-,23?,24?/m1/s1. The molecule has 2 unspecified atom stereocenters. The molecule has 3 aromatic rings. The zero-order chi connectivity index (χ0) is 30.6. The molecule has 0 bridgehead atoms. The Labute approximate surface area is 255 Å². The molecule has 3 aliphatic heterocycles. The summed E-state index contributed by atoms with van der Waals surface area (Å²) < 4.78 is 6.79. The van der Waals surface area contributed by atoms with Crippen LogP contribution in [0.3, 0.4) is 0 Å². The molecule has 0 N–H and O–H groups in total. The third kappa shape index (κ3) is 5.19. The van der Waals surface area contributed by atoms with Gasteiger partial charge in [0.05, 0.1) is 34.8 Å². The second-order valence-electron chi connectivity index (χ2n) is 11.8. The highest BCUT2D eigenvalue weighted by Gasteiger charge is 2.57. The molecular formula is C30H30N4O7S2. The molecular weight excluding hydrogens is 592 g/mol. The predicted octanol–water partition coefficient (Wildman–Crippen LogP) is 3.77. The number of nitro groups is 1. The minimum Gasteiger partial charge on any atom is -0.378 e. The van der Waals surface area contributed by atoms with Gasteiger partial charge in [0.25, 0.3) is 5.69 Å². The van der Waals surface area contributed by atoms with Gasteiger partial charge in [0, 0.05) is 36.0 Å². The molecule has 3 amide bonds. The molecule has 43 heavy (non-hydrogen) atoms. The van der Waals surface area contributed by atoms with Crippen molar-refractivity contribution >= 4 is 52.2 Å². The van der Waals surface area contributed by atoms with Crippen molar-refractivity contribution in [3.05, 3.63) is 84.3 Å². The van der Waals surface area contributed by atoms with Crippen molar-refractivity contribution in [2.75, 3.05) is 31.2 Å². The zero-order valence-electron chi connectivity index (χ0n) is 23.8. The maximum atomic E-state index is 14.1. The van der Waals surface area contributed by atoms with E-state index in [-0.39, 0.29) is 34.1 Å². The van der Waals surface area contributed by atoms with Gasteiger partial charge in [0.2, 0.25) is 17.7 Å². The number of anilines is 1. The van der Waals surface area contributed by atoms with E-state index in [9.17, 15) is 29.3 Å². The fourth-order valence-electron chi connectivity index (χ4n) is 5.83. The highest BCUT2D eigenvalue weighted by Crippen LogP contribution is 2.54. The number of carbonyl (C=O) groups is 3. The van der Waals surface area contributed by atoms with Crippen LogP contribution in [-0.4, -0.2) is 63.7 Å². The summed E-state index contributed by atoms with van der Waals surface area (Å²) in [6.45, 7) is 7.89. The van der Waals surface area contributed by atoms with Gasteiger partial charge in [0.1, 0.15) is 11.8 Å². The number of amides is 3. The van der Waals surface area contributed by atoms with Crippen LogP contribution in [0.2, 0.25) is 0 Å². The first-order chi connectivity index (χ1) is 20.5. The minimum absolute atomic E-state index is 0.103. The van der Waals surface area contributed by atoms with E-state index in [1.807, 2.05) is 24.3 Å². The molecule has 0 saturated carbocycles. The number of hydrogen-bond acceptors (Lipinski definition) is 9. The topological polar surface area (TPSA) is 132 Å². The van der Waals surface area contributed by atoms with Gasteiger partial charge < -0.3 is 9.64 Å². The predicted molar refractivity (Wildman–Crippen MR) is 162 cm³/mol. The van der Waals surface area contributed by atoms with Crippen LogP contribution in [0.1, 0.15) is 42.7 Å². The Hall–Kier alpha value is -3.81. The summed E-state index contributed by atoms with van der Waals surface area (Å²) in [7, 11) is 0. The van der Waals surface area contributed by atoms with Crippen molar-refractivity contribution in [1.82, 2.24) is 9.47 Å². The summed E-state index contributed by atoms with van der Waals surface area (Å²) in [5.74, 6) is -2.49. The number of thiazole rings is 1. The van der Waals surface area contributed by atoms with Gasteiger partial charge in [0.15, 0.2) is 0 Å². The average Bonchev–Trinajstić information content (AvgIpc) is 3.43. The lowest BCUT2D eigenvalue weighted by atomic mass is 9.81. The Bertz CT molecular complexity index is 1670. The van der Waals surface area contributed by atoms with E-state index in [0.29, 0.717) is 36.2 Å². The van der Waals surface area contributed by atoms with Crippen molar-refractivity contribution < 1.29 is 24.0 Å². The van der Waals surface area contributed by atoms with Crippen LogP contribution < -0.4 is 9.77 Å². The Balaban J connectivity index is 1.43. The molecule has 3 atom stereocenters. The van der Waals surface area contributed by atoms with Crippen LogP contribution in [0, 0.1) is 16.0 Å². The number of nitrogens with zero attached hydrogens (tertiary/aromatic N) is 4. The molecule has 2 fully saturated rings. The molecule has 6 rings (SSSR count). The Morgan fingerprint density at radius 2 is 1.65 bits per heavy atom. The highest BCUT2D eigenvalue weighted by atomic mass is 32.2. The summed E-state index contributed by atoms with van der Waals surface area (Å²) in [4.78, 5) is 68.3. The fraction of sp³-hybridized carbons (Fsp3) is 0.400. The van der Waals surface area contributed by atoms with Crippen molar-refractivity contribution in [1.29, 1.82) is 0 Å². The van der Waals surface area contributed by atoms with Gasteiger partial charge in [-0.3, -0.25) is 33.9 Å². The quantitative estimate of drug-likeness (QED) is 0.239. The molecule has 13 heteroatoms. The van der Waals surface area contributed by atoms with Crippen LogP contribution in [0.15, 0.2) is 58.4 Å². The number of ether oxygens (including phenoxy) is 1. The Kier molecular flexibility index (Phi) is 7.51. The van der Waals surface area contributed by atoms with E-state index >= 15 is 0 Å². The molecule has 11 nitrogen and oxygen atoms in total. The molecule has 0 radical (unpaired) electrons. The first-order valence-electron chi connectivity index (χ1n) is 13.9. The summed E-state index contributed by atoms with van der Waals surface area (Å²) >= 11 is 2.15. The van der Waals surface area contributed by atoms with Crippen LogP contribution in [0.5, 0.6) is 0 Å². The minimum atomic E-state index is -0.846. The highest BCUT2D eigenvalue weighted by molar-refractivity contribution is 8.00. The van der Waals surface area contributed by atoms with Gasteiger partial charge in [-0.15, -0.1) is 0 Å². The molecule has 0 spiro atoms. The van der Waals surface area contributed by atoms with Gasteiger partial charge in [-0.25, -0.2) is 4.90 Å². The lowest BCUT2D eigenvalue weighted by Gasteiger charge is -2.31. The summed E-state index contributed by atoms with van der Waals surface area (Å²) in [6.07, 6.45) is 0. The first kappa shape index (κ1) is 29.3. The summed E-state index contributed by atoms with van der Waals surface area (Å²) in [6, 6.07) is 13.2. The molecule has 2 saturated heterocycles. The smallest absolute Gasteiger partial charge is 0.308 e. The van der Waals surface area contributed by atoms with Crippen LogP contribution in [0.4, 0.5) is 11.4 Å². The molecule has 0 aliphatic carbocycles. The number of nitro benzene ring substituents is 1. The third-order valence-corrected chi connectivity index (χ3v) is 10.8. The normalized spacial score (nSPS) is 22.0. The van der Waals surface area contributed by atoms with Crippen LogP contribution >= 0.6 is 23.1 Å². The second kappa shape index (κ2) is 11.0. The maximum absolute atomic E-state index is 14.1. The largest absolute Gasteiger partial charge is 0.378 e. The molecule has 3 aliphatic rings. The molecule has 4 heterocycles. The number of rotatable bonds is 5. The van der Waals surface area contributed by atoms with Crippen molar-refractivity contribution in [2.24, 2.45) is 5.92 Å². The van der Waals surface area contributed by atoms with Crippen LogP contribution in [-0.2, 0) is 31.1 Å². The van der Waals surface area contributed by atoms with E-state index in [2.05, 4.69) is 20.8 Å². The van der Waals surface area contributed by atoms with Gasteiger partial charge in [-0.1, -0.05) is 68.1 Å². The average molecular weight is 623 g/mol. The van der Waals surface area contributed by atoms with E-state index in [0.717, 1.165) is 39.1 Å². The number of fused-ring (bicyclic) bond motifs is 2. The maximum Gasteiger partial charge on any atom is 0.308 e. The number of aromatic nitrogens is 1. The lowest BCUT2D eigenvalue weighted by Crippen LogP contribution is -2.43. The number of imide groups is 1. The lowest BCUT2D eigenvalue weighted by molar-refractivity contribution is -0.384. The Morgan fingerprint density at radius 1 is 1.00 bits per heavy atom. The zero-order valence-corrected chi connectivity index (χ0v) is 25.5. The number of thioether (sulfide) groups is 1. The van der Waals surface area contributed by atoms with E-state index in [4.69, 9.17) is 4.74 Å². The number of carbonyl (C=O) groups excluding carboxylic acids is 3. The number of non-ortho nitro benzene ring substituents is 1. The van der Waals surface area contributed by atoms with E-state index in [1.165, 1.54) is 28.8 Å². The molecule has 224 valence electrons. The SMILES string of the molecule is CC(C)(C)c1ccc([C@H]2c3sc(=O)n(CC(=O)N4CCOCC4)c3SC3C(=O)N(c4ccc([N+](=O)[O-])cc4)C(=O)C32)cc1. The first-order valence-corrected chi connectivity index (χ1v) is 15.6. The van der Waals surface area contributed by atoms with E-state index in [1.54, 1.807) is 4.90 Å². The fourth-order valence-corrected chi connectivity index (χ4v) is 8.60. The van der Waals surface area contributed by atoms with E-state index < -0.39 is 33.8 Å². The van der Waals surface area contributed by atoms with Gasteiger partial charge in [-0.2, -0.15) is 0 Å². The summed E-state index contributed by atoms with van der Waals surface area (Å²) in [5, 5.41) is 10.9. The number of benzene rings is 2. The molecule has 1 aromatic heterocycles. The second-order valence-corrected chi connectivity index (χ2v) is 13.9. The molecule has 2 aromatic carbocycles. The van der Waals surface area contributed by atoms with Crippen LogP contribution in [0.25, 0.3) is 0 Å². The summed E-state index contributed by atoms with van der Waals surface area (Å²) in [5.41, 5.74) is 1.89. The third-order valence-electron chi connectivity index (χ3n) is 8.16. The van der Waals surface area contributed by atoms with Crippen molar-refractivity contribution in [2.45, 2.75) is 48.9 Å². The Morgan fingerprint density at radius 3 is 2.26 bits per heavy atom. The monoisotopic (exact) mass is 622 g/mol. The van der Waals surface area contributed by atoms with Gasteiger partial charge >= 0.3 is 4.87 Å². The number of hydrogen-bond donors (Lipinski definition) is 0. The van der Waals surface area contributed by atoms with Crippen molar-refractivity contribution in [3.63, 3.8) is 0 Å². The van der Waals surface area contributed by atoms with Crippen molar-refractivity contribution in [3.8, 4) is 0 Å².